The van der Waals surface area contributed by atoms with Gasteiger partial charge < -0.3 is 19.0 Å². The Morgan fingerprint density at radius 2 is 2.11 bits per heavy atom. The predicted octanol–water partition coefficient (Wildman–Crippen LogP) is 3.39. The molecule has 0 bridgehead atoms. The van der Waals surface area contributed by atoms with Crippen LogP contribution in [0.4, 0.5) is 0 Å². The molecule has 1 aliphatic heterocycles. The molecule has 2 aliphatic rings. The van der Waals surface area contributed by atoms with Crippen LogP contribution < -0.4 is 10.1 Å². The van der Waals surface area contributed by atoms with Crippen LogP contribution >= 0.6 is 12.4 Å². The van der Waals surface area contributed by atoms with Gasteiger partial charge in [-0.1, -0.05) is 11.6 Å². The Morgan fingerprint density at radius 3 is 2.93 bits per heavy atom. The summed E-state index contributed by atoms with van der Waals surface area (Å²) in [5, 5.41) is 7.69. The molecule has 1 N–H and O–H groups in total. The van der Waals surface area contributed by atoms with E-state index in [4.69, 9.17) is 18.7 Å². The number of benzene rings is 1. The maximum atomic E-state index is 5.67. The quantitative estimate of drug-likeness (QED) is 0.699. The van der Waals surface area contributed by atoms with Crippen molar-refractivity contribution in [2.45, 2.75) is 31.1 Å². The second kappa shape index (κ2) is 7.56. The van der Waals surface area contributed by atoms with E-state index >= 15 is 0 Å². The Labute approximate surface area is 169 Å². The van der Waals surface area contributed by atoms with Crippen molar-refractivity contribution in [1.29, 1.82) is 0 Å². The molecule has 3 heterocycles. The van der Waals surface area contributed by atoms with E-state index in [0.717, 1.165) is 42.4 Å². The lowest BCUT2D eigenvalue weighted by Crippen LogP contribution is -2.31. The van der Waals surface area contributed by atoms with Gasteiger partial charge in [0, 0.05) is 12.1 Å². The van der Waals surface area contributed by atoms with Gasteiger partial charge in [0.1, 0.15) is 12.0 Å². The lowest BCUT2D eigenvalue weighted by atomic mass is 9.80. The molecule has 1 aliphatic carbocycles. The summed E-state index contributed by atoms with van der Waals surface area (Å²) >= 11 is 0. The van der Waals surface area contributed by atoms with Crippen LogP contribution in [0.5, 0.6) is 5.75 Å². The van der Waals surface area contributed by atoms with Crippen molar-refractivity contribution in [3.63, 3.8) is 0 Å². The number of nitrogens with zero attached hydrogens (tertiary/aromatic N) is 3. The minimum atomic E-state index is 0. The monoisotopic (exact) mass is 402 g/mol. The number of methoxy groups -OCH3 is 1. The first-order valence-electron chi connectivity index (χ1n) is 9.39. The van der Waals surface area contributed by atoms with E-state index < -0.39 is 0 Å². The van der Waals surface area contributed by atoms with Crippen molar-refractivity contribution in [1.82, 2.24) is 20.4 Å². The number of rotatable bonds is 5. The fourth-order valence-corrected chi connectivity index (χ4v) is 4.45. The highest BCUT2D eigenvalue weighted by Crippen LogP contribution is 2.47. The SMILES string of the molecule is COc1ccc(-c2nc(Cc3noc([C@@]45CCC[C@@H]4CNC5)n3)co2)cc1.Cl. The maximum Gasteiger partial charge on any atom is 0.234 e. The Bertz CT molecular complexity index is 927. The third kappa shape index (κ3) is 3.18. The Kier molecular flexibility index (Phi) is 5.12. The van der Waals surface area contributed by atoms with E-state index in [-0.39, 0.29) is 17.8 Å². The average Bonchev–Trinajstić information content (AvgIpc) is 3.45. The van der Waals surface area contributed by atoms with Gasteiger partial charge in [0.05, 0.1) is 24.6 Å². The number of halogens is 1. The van der Waals surface area contributed by atoms with E-state index in [2.05, 4.69) is 15.5 Å². The standard InChI is InChI=1S/C20H22N4O3.ClH/c1-25-16-6-4-13(5-7-16)18-22-15(11-26-18)9-17-23-19(27-24-17)20-8-2-3-14(20)10-21-12-20;/h4-7,11,14,21H,2-3,8-10,12H2,1H3;1H/t14-,20-;/m1./s1. The molecule has 148 valence electrons. The van der Waals surface area contributed by atoms with Crippen molar-refractivity contribution in [3.8, 4) is 17.2 Å². The second-order valence-electron chi connectivity index (χ2n) is 7.44. The number of oxazole rings is 1. The maximum absolute atomic E-state index is 5.67. The number of hydrogen-bond acceptors (Lipinski definition) is 7. The fourth-order valence-electron chi connectivity index (χ4n) is 4.45. The molecule has 0 radical (unpaired) electrons. The lowest BCUT2D eigenvalue weighted by molar-refractivity contribution is 0.264. The molecule has 2 atom stereocenters. The van der Waals surface area contributed by atoms with E-state index in [1.54, 1.807) is 13.4 Å². The summed E-state index contributed by atoms with van der Waals surface area (Å²) < 4.78 is 16.5. The number of aromatic nitrogens is 3. The molecule has 0 amide bonds. The minimum Gasteiger partial charge on any atom is -0.497 e. The summed E-state index contributed by atoms with van der Waals surface area (Å²) in [6.45, 7) is 1.98. The molecular weight excluding hydrogens is 380 g/mol. The first-order valence-corrected chi connectivity index (χ1v) is 9.39. The van der Waals surface area contributed by atoms with Crippen LogP contribution in [-0.2, 0) is 11.8 Å². The zero-order valence-electron chi connectivity index (χ0n) is 15.7. The predicted molar refractivity (Wildman–Crippen MR) is 105 cm³/mol. The topological polar surface area (TPSA) is 86.2 Å². The van der Waals surface area contributed by atoms with E-state index in [9.17, 15) is 0 Å². The highest BCUT2D eigenvalue weighted by atomic mass is 35.5. The van der Waals surface area contributed by atoms with Crippen molar-refractivity contribution in [3.05, 3.63) is 47.9 Å². The summed E-state index contributed by atoms with van der Waals surface area (Å²) in [5.41, 5.74) is 1.72. The van der Waals surface area contributed by atoms with Crippen LogP contribution in [0.1, 0.15) is 36.7 Å². The number of hydrogen-bond donors (Lipinski definition) is 1. The molecule has 0 unspecified atom stereocenters. The van der Waals surface area contributed by atoms with Crippen molar-refractivity contribution < 1.29 is 13.7 Å². The normalized spacial score (nSPS) is 23.4. The van der Waals surface area contributed by atoms with Crippen molar-refractivity contribution in [2.75, 3.05) is 20.2 Å². The molecule has 2 fully saturated rings. The van der Waals surface area contributed by atoms with Gasteiger partial charge in [0.2, 0.25) is 11.8 Å². The van der Waals surface area contributed by atoms with Crippen LogP contribution in [0, 0.1) is 5.92 Å². The van der Waals surface area contributed by atoms with Gasteiger partial charge in [-0.2, -0.15) is 4.98 Å². The minimum absolute atomic E-state index is 0. The molecule has 28 heavy (non-hydrogen) atoms. The third-order valence-corrected chi connectivity index (χ3v) is 5.91. The smallest absolute Gasteiger partial charge is 0.234 e. The fraction of sp³-hybridized carbons (Fsp3) is 0.450. The summed E-state index contributed by atoms with van der Waals surface area (Å²) in [6, 6.07) is 7.62. The Morgan fingerprint density at radius 1 is 1.25 bits per heavy atom. The van der Waals surface area contributed by atoms with E-state index in [1.807, 2.05) is 24.3 Å². The summed E-state index contributed by atoms with van der Waals surface area (Å²) in [6.07, 6.45) is 5.75. The molecule has 8 heteroatoms. The van der Waals surface area contributed by atoms with E-state index in [0.29, 0.717) is 24.1 Å². The van der Waals surface area contributed by atoms with Gasteiger partial charge in [-0.25, -0.2) is 4.98 Å². The molecule has 3 aromatic rings. The number of nitrogens with one attached hydrogen (secondary N) is 1. The van der Waals surface area contributed by atoms with Crippen LogP contribution in [0.2, 0.25) is 0 Å². The number of ether oxygens (including phenoxy) is 1. The Hall–Kier alpha value is -2.38. The molecule has 1 saturated carbocycles. The first kappa shape index (κ1) is 19.0. The zero-order valence-corrected chi connectivity index (χ0v) is 16.5. The largest absolute Gasteiger partial charge is 0.497 e. The van der Waals surface area contributed by atoms with Gasteiger partial charge in [0.15, 0.2) is 5.82 Å². The Balaban J connectivity index is 0.00000192. The third-order valence-electron chi connectivity index (χ3n) is 5.91. The van der Waals surface area contributed by atoms with Crippen molar-refractivity contribution in [2.24, 2.45) is 5.92 Å². The van der Waals surface area contributed by atoms with E-state index in [1.165, 1.54) is 12.8 Å². The molecule has 0 spiro atoms. The molecule has 1 aromatic carbocycles. The van der Waals surface area contributed by atoms with Gasteiger partial charge in [-0.3, -0.25) is 0 Å². The molecular formula is C20H23ClN4O3. The summed E-state index contributed by atoms with van der Waals surface area (Å²) in [4.78, 5) is 9.27. The highest BCUT2D eigenvalue weighted by molar-refractivity contribution is 5.85. The average molecular weight is 403 g/mol. The van der Waals surface area contributed by atoms with Gasteiger partial charge in [0.25, 0.3) is 0 Å². The highest BCUT2D eigenvalue weighted by Gasteiger charge is 2.51. The first-order chi connectivity index (χ1) is 13.3. The van der Waals surface area contributed by atoms with Gasteiger partial charge in [-0.05, 0) is 49.6 Å². The second-order valence-corrected chi connectivity index (χ2v) is 7.44. The molecule has 7 nitrogen and oxygen atoms in total. The van der Waals surface area contributed by atoms with Crippen molar-refractivity contribution >= 4 is 12.4 Å². The molecule has 1 saturated heterocycles. The van der Waals surface area contributed by atoms with Crippen LogP contribution in [-0.4, -0.2) is 35.3 Å². The molecule has 2 aromatic heterocycles. The van der Waals surface area contributed by atoms with Gasteiger partial charge >= 0.3 is 0 Å². The summed E-state index contributed by atoms with van der Waals surface area (Å²) in [7, 11) is 1.65. The molecule has 5 rings (SSSR count). The zero-order chi connectivity index (χ0) is 18.3. The lowest BCUT2D eigenvalue weighted by Gasteiger charge is -2.22. The van der Waals surface area contributed by atoms with Crippen LogP contribution in [0.25, 0.3) is 11.5 Å². The van der Waals surface area contributed by atoms with Gasteiger partial charge in [-0.15, -0.1) is 12.4 Å². The number of fused-ring (bicyclic) bond motifs is 1. The summed E-state index contributed by atoms with van der Waals surface area (Å²) in [5.74, 6) is 3.43. The van der Waals surface area contributed by atoms with Crippen LogP contribution in [0.15, 0.2) is 39.5 Å². The van der Waals surface area contributed by atoms with Crippen LogP contribution in [0.3, 0.4) is 0 Å².